The Bertz CT molecular complexity index is 1060. The molecule has 10 heteroatoms. The van der Waals surface area contributed by atoms with Crippen molar-refractivity contribution in [1.29, 1.82) is 0 Å². The number of amides is 1. The van der Waals surface area contributed by atoms with Gasteiger partial charge in [0.2, 0.25) is 0 Å². The van der Waals surface area contributed by atoms with Gasteiger partial charge in [0.1, 0.15) is 12.1 Å². The molecular weight excluding hydrogens is 341 g/mol. The van der Waals surface area contributed by atoms with Gasteiger partial charge in [0.25, 0.3) is 0 Å². The van der Waals surface area contributed by atoms with Gasteiger partial charge in [-0.15, -0.1) is 5.10 Å². The molecule has 0 saturated heterocycles. The largest absolute Gasteiger partial charge is 0.459 e. The molecule has 0 saturated carbocycles. The topological polar surface area (TPSA) is 111 Å². The van der Waals surface area contributed by atoms with Gasteiger partial charge in [0, 0.05) is 5.56 Å². The lowest BCUT2D eigenvalue weighted by atomic mass is 10.2. The van der Waals surface area contributed by atoms with Gasteiger partial charge in [-0.3, -0.25) is 15.6 Å². The van der Waals surface area contributed by atoms with E-state index in [0.717, 1.165) is 0 Å². The molecule has 0 bridgehead atoms. The van der Waals surface area contributed by atoms with Gasteiger partial charge in [0.15, 0.2) is 22.7 Å². The number of rotatable bonds is 5. The van der Waals surface area contributed by atoms with Crippen LogP contribution < -0.4 is 10.9 Å². The van der Waals surface area contributed by atoms with E-state index in [1.807, 2.05) is 0 Å². The first-order valence-corrected chi connectivity index (χ1v) is 7.60. The molecule has 0 aliphatic carbocycles. The minimum atomic E-state index is -0.472. The Kier molecular flexibility index (Phi) is 3.98. The van der Waals surface area contributed by atoms with E-state index in [0.29, 0.717) is 16.7 Å². The number of carbonyl (C=O) groups excluding carboxylic acids is 1. The minimum absolute atomic E-state index is 0.144. The molecular formula is C16H12FN7O2. The number of hydrogen-bond donors (Lipinski definition) is 2. The molecule has 1 aromatic carbocycles. The number of halogens is 1. The van der Waals surface area contributed by atoms with Gasteiger partial charge in [-0.05, 0) is 18.2 Å². The standard InChI is InChI=1S/C16H12FN7O2/c17-11-5-2-1-4-10(11)8-24-15-13(20-23-24)14(18-9-19-15)21-22-16(25)12-6-3-7-26-12/h1-7,9H,8H2,(H,22,25)(H,18,19,21). The van der Waals surface area contributed by atoms with Gasteiger partial charge < -0.3 is 4.42 Å². The second kappa shape index (κ2) is 6.59. The number of anilines is 1. The lowest BCUT2D eigenvalue weighted by Crippen LogP contribution is -2.29. The number of carbonyl (C=O) groups is 1. The molecule has 0 spiro atoms. The van der Waals surface area contributed by atoms with E-state index in [1.54, 1.807) is 24.3 Å². The maximum Gasteiger partial charge on any atom is 0.305 e. The normalized spacial score (nSPS) is 10.8. The summed E-state index contributed by atoms with van der Waals surface area (Å²) < 4.78 is 20.3. The number of benzene rings is 1. The van der Waals surface area contributed by atoms with Crippen LogP contribution in [-0.2, 0) is 6.54 Å². The fourth-order valence-electron chi connectivity index (χ4n) is 2.36. The number of furan rings is 1. The third kappa shape index (κ3) is 2.95. The lowest BCUT2D eigenvalue weighted by Gasteiger charge is -2.06. The van der Waals surface area contributed by atoms with Gasteiger partial charge in [-0.2, -0.15) is 0 Å². The quantitative estimate of drug-likeness (QED) is 0.526. The van der Waals surface area contributed by atoms with Gasteiger partial charge in [-0.1, -0.05) is 23.4 Å². The molecule has 4 rings (SSSR count). The summed E-state index contributed by atoms with van der Waals surface area (Å²) in [6.45, 7) is 0.165. The second-order valence-corrected chi connectivity index (χ2v) is 5.29. The summed E-state index contributed by atoms with van der Waals surface area (Å²) in [4.78, 5) is 20.1. The maximum absolute atomic E-state index is 13.8. The average molecular weight is 353 g/mol. The van der Waals surface area contributed by atoms with Crippen molar-refractivity contribution in [3.05, 3.63) is 66.1 Å². The fourth-order valence-corrected chi connectivity index (χ4v) is 2.36. The van der Waals surface area contributed by atoms with Gasteiger partial charge in [-0.25, -0.2) is 19.0 Å². The molecule has 2 N–H and O–H groups in total. The van der Waals surface area contributed by atoms with E-state index < -0.39 is 5.91 Å². The summed E-state index contributed by atoms with van der Waals surface area (Å²) in [5.41, 5.74) is 6.31. The van der Waals surface area contributed by atoms with Crippen LogP contribution in [0.4, 0.5) is 10.2 Å². The molecule has 130 valence electrons. The van der Waals surface area contributed by atoms with Crippen LogP contribution in [0.2, 0.25) is 0 Å². The van der Waals surface area contributed by atoms with E-state index >= 15 is 0 Å². The zero-order chi connectivity index (χ0) is 17.9. The van der Waals surface area contributed by atoms with Crippen molar-refractivity contribution in [3.8, 4) is 0 Å². The smallest absolute Gasteiger partial charge is 0.305 e. The van der Waals surface area contributed by atoms with E-state index in [4.69, 9.17) is 4.42 Å². The van der Waals surface area contributed by atoms with Crippen LogP contribution in [0.1, 0.15) is 16.1 Å². The predicted octanol–water partition coefficient (Wildman–Crippen LogP) is 1.76. The summed E-state index contributed by atoms with van der Waals surface area (Å²) in [5.74, 6) is -0.407. The first-order valence-electron chi connectivity index (χ1n) is 7.60. The Morgan fingerprint density at radius 2 is 2.08 bits per heavy atom. The summed E-state index contributed by atoms with van der Waals surface area (Å²) in [6, 6.07) is 9.52. The van der Waals surface area contributed by atoms with Crippen molar-refractivity contribution in [1.82, 2.24) is 30.4 Å². The van der Waals surface area contributed by atoms with Crippen molar-refractivity contribution < 1.29 is 13.6 Å². The number of hydrogen-bond acceptors (Lipinski definition) is 7. The van der Waals surface area contributed by atoms with E-state index in [1.165, 1.54) is 29.4 Å². The number of nitrogens with zero attached hydrogens (tertiary/aromatic N) is 5. The molecule has 0 aliphatic heterocycles. The molecule has 9 nitrogen and oxygen atoms in total. The highest BCUT2D eigenvalue weighted by atomic mass is 19.1. The molecule has 0 aliphatic rings. The van der Waals surface area contributed by atoms with Crippen LogP contribution in [0.3, 0.4) is 0 Å². The summed E-state index contributed by atoms with van der Waals surface area (Å²) in [7, 11) is 0. The third-order valence-corrected chi connectivity index (χ3v) is 3.62. The number of fused-ring (bicyclic) bond motifs is 1. The zero-order valence-electron chi connectivity index (χ0n) is 13.3. The van der Waals surface area contributed by atoms with Crippen molar-refractivity contribution in [3.63, 3.8) is 0 Å². The second-order valence-electron chi connectivity index (χ2n) is 5.29. The van der Waals surface area contributed by atoms with E-state index in [2.05, 4.69) is 31.1 Å². The first kappa shape index (κ1) is 15.7. The highest BCUT2D eigenvalue weighted by Gasteiger charge is 2.14. The molecule has 0 unspecified atom stereocenters. The Morgan fingerprint density at radius 1 is 1.19 bits per heavy atom. The number of aromatic nitrogens is 5. The molecule has 0 fully saturated rings. The summed E-state index contributed by atoms with van der Waals surface area (Å²) >= 11 is 0. The zero-order valence-corrected chi connectivity index (χ0v) is 13.3. The van der Waals surface area contributed by atoms with Crippen LogP contribution in [-0.4, -0.2) is 30.9 Å². The monoisotopic (exact) mass is 353 g/mol. The predicted molar refractivity (Wildman–Crippen MR) is 88.4 cm³/mol. The summed E-state index contributed by atoms with van der Waals surface area (Å²) in [6.07, 6.45) is 2.69. The number of nitrogens with one attached hydrogen (secondary N) is 2. The van der Waals surface area contributed by atoms with Crippen LogP contribution >= 0.6 is 0 Å². The molecule has 0 radical (unpaired) electrons. The van der Waals surface area contributed by atoms with Crippen molar-refractivity contribution in [2.24, 2.45) is 0 Å². The molecule has 3 heterocycles. The lowest BCUT2D eigenvalue weighted by molar-refractivity contribution is 0.0935. The van der Waals surface area contributed by atoms with Gasteiger partial charge >= 0.3 is 5.91 Å². The fraction of sp³-hybridized carbons (Fsp3) is 0.0625. The highest BCUT2D eigenvalue weighted by Crippen LogP contribution is 2.17. The minimum Gasteiger partial charge on any atom is -0.459 e. The highest BCUT2D eigenvalue weighted by molar-refractivity contribution is 5.93. The Labute approximate surface area is 145 Å². The first-order chi connectivity index (χ1) is 12.7. The SMILES string of the molecule is O=C(NNc1ncnc2c1nnn2Cc1ccccc1F)c1ccco1. The maximum atomic E-state index is 13.8. The van der Waals surface area contributed by atoms with Crippen LogP contribution in [0.15, 0.2) is 53.4 Å². The molecule has 0 atom stereocenters. The van der Waals surface area contributed by atoms with E-state index in [9.17, 15) is 9.18 Å². The van der Waals surface area contributed by atoms with Crippen molar-refractivity contribution in [2.45, 2.75) is 6.54 Å². The Morgan fingerprint density at radius 3 is 2.88 bits per heavy atom. The van der Waals surface area contributed by atoms with Gasteiger partial charge in [0.05, 0.1) is 12.8 Å². The molecule has 3 aromatic heterocycles. The van der Waals surface area contributed by atoms with Crippen LogP contribution in [0.25, 0.3) is 11.2 Å². The Hall–Kier alpha value is -3.82. The number of hydrazine groups is 1. The van der Waals surface area contributed by atoms with Crippen LogP contribution in [0.5, 0.6) is 0 Å². The summed E-state index contributed by atoms with van der Waals surface area (Å²) in [5, 5.41) is 8.01. The Balaban J connectivity index is 1.57. The average Bonchev–Trinajstić information content (AvgIpc) is 3.32. The van der Waals surface area contributed by atoms with Crippen molar-refractivity contribution in [2.75, 3.05) is 5.43 Å². The molecule has 4 aromatic rings. The molecule has 1 amide bonds. The van der Waals surface area contributed by atoms with Crippen LogP contribution in [0, 0.1) is 5.82 Å². The molecule has 26 heavy (non-hydrogen) atoms. The van der Waals surface area contributed by atoms with E-state index in [-0.39, 0.29) is 23.9 Å². The third-order valence-electron chi connectivity index (χ3n) is 3.62. The van der Waals surface area contributed by atoms with Crippen molar-refractivity contribution >= 4 is 22.9 Å².